The van der Waals surface area contributed by atoms with Crippen molar-refractivity contribution < 1.29 is 19.5 Å². The number of unbranched alkanes of at least 4 members (excludes halogenated alkanes) is 7. The summed E-state index contributed by atoms with van der Waals surface area (Å²) in [5.74, 6) is -0.940. The lowest BCUT2D eigenvalue weighted by molar-refractivity contribution is -0.151. The lowest BCUT2D eigenvalue weighted by Gasteiger charge is -2.04. The number of hydroxylamine groups is 1. The van der Waals surface area contributed by atoms with Gasteiger partial charge in [-0.2, -0.15) is 5.48 Å². The van der Waals surface area contributed by atoms with Gasteiger partial charge in [-0.15, -0.1) is 0 Å². The first-order chi connectivity index (χ1) is 9.66. The molecule has 0 radical (unpaired) electrons. The van der Waals surface area contributed by atoms with Crippen LogP contribution in [0.2, 0.25) is 0 Å². The first-order valence-corrected chi connectivity index (χ1v) is 7.51. The summed E-state index contributed by atoms with van der Waals surface area (Å²) >= 11 is 0. The van der Waals surface area contributed by atoms with Crippen LogP contribution in [0.4, 0.5) is 0 Å². The maximum Gasteiger partial charge on any atom is 0.324 e. The van der Waals surface area contributed by atoms with E-state index in [1.54, 1.807) is 0 Å². The summed E-state index contributed by atoms with van der Waals surface area (Å²) in [5.41, 5.74) is 7.75. The number of carboxylic acids is 1. The predicted octanol–water partition coefficient (Wildman–Crippen LogP) is 1.98. The second kappa shape index (κ2) is 14.3. The van der Waals surface area contributed by atoms with Crippen molar-refractivity contribution in [3.05, 3.63) is 0 Å². The second-order valence-electron chi connectivity index (χ2n) is 4.88. The molecule has 0 heterocycles. The Hall–Kier alpha value is -1.14. The highest BCUT2D eigenvalue weighted by Gasteiger charge is 2.02. The van der Waals surface area contributed by atoms with Gasteiger partial charge >= 0.3 is 11.9 Å². The summed E-state index contributed by atoms with van der Waals surface area (Å²) in [7, 11) is 0. The Morgan fingerprint density at radius 2 is 1.40 bits per heavy atom. The van der Waals surface area contributed by atoms with Crippen molar-refractivity contribution in [3.8, 4) is 0 Å². The quantitative estimate of drug-likeness (QED) is 0.334. The number of rotatable bonds is 14. The fourth-order valence-corrected chi connectivity index (χ4v) is 1.85. The topological polar surface area (TPSA) is 102 Å². The molecule has 0 aliphatic heterocycles. The average molecular weight is 288 g/mol. The summed E-state index contributed by atoms with van der Waals surface area (Å²) in [4.78, 5) is 26.3. The van der Waals surface area contributed by atoms with E-state index in [-0.39, 0.29) is 12.4 Å². The number of carbonyl (C=O) groups excluding carboxylic acids is 1. The molecule has 0 saturated carbocycles. The molecule has 0 fully saturated rings. The van der Waals surface area contributed by atoms with Crippen molar-refractivity contribution in [1.29, 1.82) is 0 Å². The zero-order valence-electron chi connectivity index (χ0n) is 12.2. The molecule has 6 heteroatoms. The molecule has 6 nitrogen and oxygen atoms in total. The van der Waals surface area contributed by atoms with E-state index >= 15 is 0 Å². The van der Waals surface area contributed by atoms with E-state index in [1.807, 2.05) is 0 Å². The normalized spacial score (nSPS) is 10.4. The molecule has 0 aliphatic carbocycles. The molecule has 4 N–H and O–H groups in total. The van der Waals surface area contributed by atoms with Gasteiger partial charge in [0.25, 0.3) is 0 Å². The molecule has 0 rings (SSSR count). The summed E-state index contributed by atoms with van der Waals surface area (Å²) in [6, 6.07) is 0. The van der Waals surface area contributed by atoms with E-state index in [0.717, 1.165) is 51.4 Å². The minimum Gasteiger partial charge on any atom is -0.481 e. The highest BCUT2D eigenvalue weighted by Crippen LogP contribution is 2.10. The van der Waals surface area contributed by atoms with E-state index in [9.17, 15) is 9.59 Å². The number of nitrogens with one attached hydrogen (secondary N) is 1. The Morgan fingerprint density at radius 3 is 1.90 bits per heavy atom. The molecule has 0 aromatic heterocycles. The maximum absolute atomic E-state index is 11.2. The molecule has 0 aliphatic rings. The molecule has 118 valence electrons. The summed E-state index contributed by atoms with van der Waals surface area (Å²) in [6.45, 7) is 0.924. The Labute approximate surface area is 121 Å². The molecule has 0 unspecified atom stereocenters. The predicted molar refractivity (Wildman–Crippen MR) is 77.0 cm³/mol. The standard InChI is InChI=1S/C14H28N2O4/c15-11-12-16-20-14(19)10-8-6-4-2-1-3-5-7-9-13(17)18/h16H,1-12,15H2,(H,17,18). The monoisotopic (exact) mass is 288 g/mol. The zero-order chi connectivity index (χ0) is 15.1. The Morgan fingerprint density at radius 1 is 0.900 bits per heavy atom. The zero-order valence-corrected chi connectivity index (χ0v) is 12.2. The van der Waals surface area contributed by atoms with Crippen LogP contribution >= 0.6 is 0 Å². The van der Waals surface area contributed by atoms with Crippen molar-refractivity contribution in [3.63, 3.8) is 0 Å². The van der Waals surface area contributed by atoms with Crippen LogP contribution in [0.3, 0.4) is 0 Å². The van der Waals surface area contributed by atoms with Crippen molar-refractivity contribution in [2.24, 2.45) is 5.73 Å². The molecule has 0 aromatic rings. The van der Waals surface area contributed by atoms with E-state index < -0.39 is 5.97 Å². The molecule has 20 heavy (non-hydrogen) atoms. The van der Waals surface area contributed by atoms with Crippen LogP contribution in [0.5, 0.6) is 0 Å². The fraction of sp³-hybridized carbons (Fsp3) is 0.857. The van der Waals surface area contributed by atoms with Crippen LogP contribution in [0.15, 0.2) is 0 Å². The first kappa shape index (κ1) is 18.9. The smallest absolute Gasteiger partial charge is 0.324 e. The van der Waals surface area contributed by atoms with Crippen LogP contribution in [-0.4, -0.2) is 30.1 Å². The van der Waals surface area contributed by atoms with Crippen molar-refractivity contribution in [2.45, 2.75) is 64.2 Å². The van der Waals surface area contributed by atoms with Crippen molar-refractivity contribution in [2.75, 3.05) is 13.1 Å². The molecule has 0 bridgehead atoms. The van der Waals surface area contributed by atoms with Crippen LogP contribution in [-0.2, 0) is 14.4 Å². The van der Waals surface area contributed by atoms with Gasteiger partial charge < -0.3 is 15.7 Å². The van der Waals surface area contributed by atoms with Gasteiger partial charge in [0.1, 0.15) is 0 Å². The van der Waals surface area contributed by atoms with Crippen molar-refractivity contribution in [1.82, 2.24) is 5.48 Å². The fourth-order valence-electron chi connectivity index (χ4n) is 1.85. The summed E-state index contributed by atoms with van der Waals surface area (Å²) < 4.78 is 0. The van der Waals surface area contributed by atoms with Gasteiger partial charge in [-0.05, 0) is 12.8 Å². The lowest BCUT2D eigenvalue weighted by Crippen LogP contribution is -2.25. The SMILES string of the molecule is NCCNOC(=O)CCCCCCCCCCC(=O)O. The van der Waals surface area contributed by atoms with Gasteiger partial charge in [-0.25, -0.2) is 0 Å². The van der Waals surface area contributed by atoms with E-state index in [0.29, 0.717) is 19.5 Å². The highest BCUT2D eigenvalue weighted by molar-refractivity contribution is 5.68. The number of hydrogen-bond acceptors (Lipinski definition) is 5. The molecule has 0 atom stereocenters. The molecule has 0 aromatic carbocycles. The van der Waals surface area contributed by atoms with E-state index in [2.05, 4.69) is 5.48 Å². The van der Waals surface area contributed by atoms with Gasteiger partial charge in [0.15, 0.2) is 0 Å². The summed E-state index contributed by atoms with van der Waals surface area (Å²) in [5, 5.41) is 8.48. The van der Waals surface area contributed by atoms with Gasteiger partial charge in [0, 0.05) is 25.9 Å². The number of aliphatic carboxylic acids is 1. The van der Waals surface area contributed by atoms with Crippen LogP contribution in [0.25, 0.3) is 0 Å². The van der Waals surface area contributed by atoms with Crippen LogP contribution in [0, 0.1) is 0 Å². The highest BCUT2D eigenvalue weighted by atomic mass is 16.7. The van der Waals surface area contributed by atoms with Gasteiger partial charge in [0.2, 0.25) is 0 Å². The molecular formula is C14H28N2O4. The first-order valence-electron chi connectivity index (χ1n) is 7.51. The maximum atomic E-state index is 11.2. The Balaban J connectivity index is 3.12. The third-order valence-electron chi connectivity index (χ3n) is 2.95. The molecular weight excluding hydrogens is 260 g/mol. The number of carboxylic acid groups (broad SMARTS) is 1. The van der Waals surface area contributed by atoms with Crippen LogP contribution < -0.4 is 11.2 Å². The number of hydrogen-bond donors (Lipinski definition) is 3. The number of nitrogens with two attached hydrogens (primary N) is 1. The third kappa shape index (κ3) is 14.9. The molecule has 0 spiro atoms. The average Bonchev–Trinajstić information content (AvgIpc) is 2.41. The molecule has 0 saturated heterocycles. The minimum absolute atomic E-state index is 0.230. The number of carbonyl (C=O) groups is 2. The van der Waals surface area contributed by atoms with Gasteiger partial charge in [-0.3, -0.25) is 9.59 Å². The minimum atomic E-state index is -0.710. The van der Waals surface area contributed by atoms with Gasteiger partial charge in [0.05, 0.1) is 0 Å². The van der Waals surface area contributed by atoms with E-state index in [4.69, 9.17) is 15.7 Å². The molecule has 0 amide bonds. The lowest BCUT2D eigenvalue weighted by atomic mass is 10.1. The van der Waals surface area contributed by atoms with E-state index in [1.165, 1.54) is 0 Å². The largest absolute Gasteiger partial charge is 0.481 e. The summed E-state index contributed by atoms with van der Waals surface area (Å²) in [6.07, 6.45) is 8.86. The Kier molecular flexibility index (Phi) is 13.5. The van der Waals surface area contributed by atoms with Crippen LogP contribution in [0.1, 0.15) is 64.2 Å². The van der Waals surface area contributed by atoms with Crippen molar-refractivity contribution >= 4 is 11.9 Å². The third-order valence-corrected chi connectivity index (χ3v) is 2.95. The Bertz CT molecular complexity index is 260. The van der Waals surface area contributed by atoms with Gasteiger partial charge in [-0.1, -0.05) is 38.5 Å². The second-order valence-corrected chi connectivity index (χ2v) is 4.88.